The van der Waals surface area contributed by atoms with Crippen LogP contribution in [-0.4, -0.2) is 40.9 Å². The summed E-state index contributed by atoms with van der Waals surface area (Å²) in [6.07, 6.45) is -2.20. The highest BCUT2D eigenvalue weighted by molar-refractivity contribution is 5.60. The highest BCUT2D eigenvalue weighted by Gasteiger charge is 2.51. The van der Waals surface area contributed by atoms with E-state index in [1.54, 1.807) is 91.0 Å². The van der Waals surface area contributed by atoms with E-state index >= 15 is 0 Å². The number of hydrogen-bond donors (Lipinski definition) is 8. The summed E-state index contributed by atoms with van der Waals surface area (Å²) in [6.45, 7) is 0. The molecule has 10 heteroatoms. The van der Waals surface area contributed by atoms with Crippen molar-refractivity contribution in [2.45, 2.75) is 36.1 Å². The molecule has 262 valence electrons. The van der Waals surface area contributed by atoms with Gasteiger partial charge in [-0.3, -0.25) is 0 Å². The van der Waals surface area contributed by atoms with E-state index in [0.29, 0.717) is 44.7 Å². The first-order valence-corrected chi connectivity index (χ1v) is 16.6. The van der Waals surface area contributed by atoms with E-state index in [1.807, 2.05) is 0 Å². The van der Waals surface area contributed by atoms with Gasteiger partial charge in [0.05, 0.1) is 18.1 Å². The van der Waals surface area contributed by atoms with Crippen molar-refractivity contribution in [1.82, 2.24) is 0 Å². The Morgan fingerprint density at radius 3 is 1.23 bits per heavy atom. The van der Waals surface area contributed by atoms with Crippen molar-refractivity contribution in [2.75, 3.05) is 0 Å². The first kappa shape index (κ1) is 32.7. The van der Waals surface area contributed by atoms with Crippen molar-refractivity contribution in [3.63, 3.8) is 0 Å². The fourth-order valence-corrected chi connectivity index (χ4v) is 7.91. The average molecular weight is 699 g/mol. The minimum atomic E-state index is -0.745. The SMILES string of the molecule is Oc1ccc([C@H]2Oc3cc(O)cc([C@@H]4[C@H](c5cc(O)cc(O)c5)[C@@H](c5ccc(O)cc5)O[C@H]4c4ccc(O)cc4)c3[C@H]2c2cc(O)cc(O)c2)cc1. The molecule has 0 amide bonds. The zero-order valence-corrected chi connectivity index (χ0v) is 27.4. The molecule has 8 N–H and O–H groups in total. The summed E-state index contributed by atoms with van der Waals surface area (Å²) in [5, 5.41) is 84.7. The van der Waals surface area contributed by atoms with Crippen molar-refractivity contribution in [2.24, 2.45) is 0 Å². The zero-order valence-electron chi connectivity index (χ0n) is 27.4. The Morgan fingerprint density at radius 1 is 0.346 bits per heavy atom. The smallest absolute Gasteiger partial charge is 0.135 e. The van der Waals surface area contributed by atoms with Crippen LogP contribution in [0.2, 0.25) is 0 Å². The minimum absolute atomic E-state index is 0.0509. The van der Waals surface area contributed by atoms with Gasteiger partial charge in [0.15, 0.2) is 0 Å². The number of hydrogen-bond acceptors (Lipinski definition) is 10. The largest absolute Gasteiger partial charge is 0.508 e. The second kappa shape index (κ2) is 12.7. The molecule has 2 aliphatic rings. The van der Waals surface area contributed by atoms with Crippen molar-refractivity contribution >= 4 is 0 Å². The molecule has 1 fully saturated rings. The van der Waals surface area contributed by atoms with Gasteiger partial charge in [0.1, 0.15) is 57.8 Å². The third-order valence-electron chi connectivity index (χ3n) is 9.98. The van der Waals surface area contributed by atoms with E-state index in [2.05, 4.69) is 0 Å². The molecule has 0 spiro atoms. The maximum Gasteiger partial charge on any atom is 0.135 e. The molecule has 52 heavy (non-hydrogen) atoms. The van der Waals surface area contributed by atoms with Crippen LogP contribution < -0.4 is 4.74 Å². The highest BCUT2D eigenvalue weighted by Crippen LogP contribution is 2.63. The Bertz CT molecular complexity index is 2230. The molecule has 2 heterocycles. The molecule has 6 aromatic carbocycles. The van der Waals surface area contributed by atoms with Crippen LogP contribution in [0.5, 0.6) is 51.7 Å². The summed E-state index contributed by atoms with van der Waals surface area (Å²) in [7, 11) is 0. The minimum Gasteiger partial charge on any atom is -0.508 e. The molecule has 0 bridgehead atoms. The first-order valence-electron chi connectivity index (χ1n) is 16.6. The molecule has 0 aromatic heterocycles. The molecule has 6 aromatic rings. The topological polar surface area (TPSA) is 180 Å². The predicted molar refractivity (Wildman–Crippen MR) is 189 cm³/mol. The molecule has 0 radical (unpaired) electrons. The lowest BCUT2D eigenvalue weighted by atomic mass is 9.71. The fraction of sp³-hybridized carbons (Fsp3) is 0.143. The van der Waals surface area contributed by atoms with Crippen molar-refractivity contribution in [3.05, 3.63) is 160 Å². The summed E-state index contributed by atoms with van der Waals surface area (Å²) in [6, 6.07) is 31.5. The lowest BCUT2D eigenvalue weighted by Crippen LogP contribution is -2.17. The van der Waals surface area contributed by atoms with Gasteiger partial charge in [0, 0.05) is 35.6 Å². The van der Waals surface area contributed by atoms with E-state index in [9.17, 15) is 40.9 Å². The van der Waals surface area contributed by atoms with Crippen molar-refractivity contribution < 1.29 is 50.3 Å². The monoisotopic (exact) mass is 698 g/mol. The molecule has 0 aliphatic carbocycles. The van der Waals surface area contributed by atoms with Gasteiger partial charge in [-0.05, 0) is 100 Å². The molecule has 0 saturated carbocycles. The standard InChI is InChI=1S/C42H34O10/c43-26-7-1-21(2-8-26)40-36(24-13-29(46)17-30(47)14-24)38-34(19-33(50)20-35(38)51-40)39-37(25-15-31(48)18-32(49)16-25)41(22-3-9-27(44)10-4-22)52-42(39)23-5-11-28(45)12-6-23/h1-20,36-37,39-50H/t36-,37+,39-,40-,41-,42+/m1/s1. The zero-order chi connectivity index (χ0) is 36.3. The van der Waals surface area contributed by atoms with Gasteiger partial charge in [-0.25, -0.2) is 0 Å². The fourth-order valence-electron chi connectivity index (χ4n) is 7.91. The van der Waals surface area contributed by atoms with Crippen LogP contribution in [-0.2, 0) is 4.74 Å². The summed E-state index contributed by atoms with van der Waals surface area (Å²) < 4.78 is 13.6. The normalized spacial score (nSPS) is 22.2. The van der Waals surface area contributed by atoms with Gasteiger partial charge in [-0.15, -0.1) is 0 Å². The first-order chi connectivity index (χ1) is 25.0. The molecule has 1 saturated heterocycles. The van der Waals surface area contributed by atoms with E-state index in [1.165, 1.54) is 30.3 Å². The number of rotatable bonds is 6. The van der Waals surface area contributed by atoms with Gasteiger partial charge in [-0.2, -0.15) is 0 Å². The molecule has 2 aliphatic heterocycles. The molecule has 6 atom stereocenters. The Morgan fingerprint density at radius 2 is 0.750 bits per heavy atom. The highest BCUT2D eigenvalue weighted by atomic mass is 16.5. The van der Waals surface area contributed by atoms with Crippen LogP contribution in [0.4, 0.5) is 0 Å². The van der Waals surface area contributed by atoms with Crippen LogP contribution in [0.1, 0.15) is 75.0 Å². The van der Waals surface area contributed by atoms with Crippen molar-refractivity contribution in [1.29, 1.82) is 0 Å². The number of ether oxygens (including phenoxy) is 2. The van der Waals surface area contributed by atoms with Crippen LogP contribution in [0, 0.1) is 0 Å². The van der Waals surface area contributed by atoms with Gasteiger partial charge >= 0.3 is 0 Å². The van der Waals surface area contributed by atoms with Crippen LogP contribution >= 0.6 is 0 Å². The third kappa shape index (κ3) is 5.88. The van der Waals surface area contributed by atoms with Gasteiger partial charge in [0.25, 0.3) is 0 Å². The summed E-state index contributed by atoms with van der Waals surface area (Å²) in [4.78, 5) is 0. The summed E-state index contributed by atoms with van der Waals surface area (Å²) in [5.74, 6) is -2.24. The van der Waals surface area contributed by atoms with E-state index in [-0.39, 0.29) is 46.0 Å². The molecule has 10 nitrogen and oxygen atoms in total. The lowest BCUT2D eigenvalue weighted by molar-refractivity contribution is 0.0366. The number of fused-ring (bicyclic) bond motifs is 1. The summed E-state index contributed by atoms with van der Waals surface area (Å²) >= 11 is 0. The Kier molecular flexibility index (Phi) is 7.96. The molecular formula is C42H34O10. The second-order valence-corrected chi connectivity index (χ2v) is 13.3. The summed E-state index contributed by atoms with van der Waals surface area (Å²) in [5.41, 5.74) is 4.34. The molecular weight excluding hydrogens is 664 g/mol. The van der Waals surface area contributed by atoms with Gasteiger partial charge in [-0.1, -0.05) is 36.4 Å². The maximum absolute atomic E-state index is 11.4. The van der Waals surface area contributed by atoms with Crippen molar-refractivity contribution in [3.8, 4) is 51.7 Å². The second-order valence-electron chi connectivity index (χ2n) is 13.3. The average Bonchev–Trinajstić information content (AvgIpc) is 3.68. The van der Waals surface area contributed by atoms with Crippen LogP contribution in [0.25, 0.3) is 0 Å². The number of benzene rings is 6. The Hall–Kier alpha value is -6.52. The molecule has 8 rings (SSSR count). The lowest BCUT2D eigenvalue weighted by Gasteiger charge is -2.29. The van der Waals surface area contributed by atoms with Gasteiger partial charge < -0.3 is 50.3 Å². The number of phenolic OH excluding ortho intramolecular Hbond substituents is 8. The number of phenols is 8. The van der Waals surface area contributed by atoms with E-state index < -0.39 is 36.1 Å². The van der Waals surface area contributed by atoms with Crippen LogP contribution in [0.15, 0.2) is 121 Å². The predicted octanol–water partition coefficient (Wildman–Crippen LogP) is 7.98. The van der Waals surface area contributed by atoms with E-state index in [0.717, 1.165) is 0 Å². The van der Waals surface area contributed by atoms with Crippen LogP contribution in [0.3, 0.4) is 0 Å². The quantitative estimate of drug-likeness (QED) is 0.0850. The van der Waals surface area contributed by atoms with E-state index in [4.69, 9.17) is 9.47 Å². The van der Waals surface area contributed by atoms with Gasteiger partial charge in [0.2, 0.25) is 0 Å². The molecule has 0 unspecified atom stereocenters. The Balaban J connectivity index is 1.41. The Labute approximate surface area is 297 Å². The maximum atomic E-state index is 11.4. The third-order valence-corrected chi connectivity index (χ3v) is 9.98. The number of aromatic hydroxyl groups is 8.